The van der Waals surface area contributed by atoms with Crippen molar-refractivity contribution in [3.05, 3.63) is 199 Å². The van der Waals surface area contributed by atoms with Crippen LogP contribution in [0.25, 0.3) is 110 Å². The van der Waals surface area contributed by atoms with Crippen molar-refractivity contribution < 1.29 is 0 Å². The average molecular weight is 752 g/mol. The lowest BCUT2D eigenvalue weighted by Gasteiger charge is -2.21. The summed E-state index contributed by atoms with van der Waals surface area (Å²) in [5.41, 5.74) is 10.7. The van der Waals surface area contributed by atoms with Gasteiger partial charge in [0, 0.05) is 22.1 Å². The molecule has 0 saturated carbocycles. The van der Waals surface area contributed by atoms with Crippen molar-refractivity contribution in [3.63, 3.8) is 0 Å². The first-order valence-electron chi connectivity index (χ1n) is 20.4. The Kier molecular flexibility index (Phi) is 7.27. The molecule has 0 atom stereocenters. The molecule has 1 aliphatic carbocycles. The predicted octanol–water partition coefficient (Wildman–Crippen LogP) is 14.6. The van der Waals surface area contributed by atoms with Gasteiger partial charge in [-0.3, -0.25) is 0 Å². The second-order valence-electron chi connectivity index (χ2n) is 16.3. The fourth-order valence-electron chi connectivity index (χ4n) is 9.93. The number of rotatable bonds is 4. The van der Waals surface area contributed by atoms with Gasteiger partial charge >= 0.3 is 0 Å². The first kappa shape index (κ1) is 33.6. The van der Waals surface area contributed by atoms with Crippen molar-refractivity contribution in [2.24, 2.45) is 0 Å². The summed E-state index contributed by atoms with van der Waals surface area (Å²) < 4.78 is 0. The van der Waals surface area contributed by atoms with Crippen LogP contribution in [0, 0.1) is 0 Å². The van der Waals surface area contributed by atoms with Crippen LogP contribution in [0.15, 0.2) is 188 Å². The summed E-state index contributed by atoms with van der Waals surface area (Å²) in [6, 6.07) is 67.8. The molecular weight excluding hydrogens is 715 g/mol. The fraction of sp³-hybridized carbons (Fsp3) is 0.0536. The minimum Gasteiger partial charge on any atom is -0.208 e. The molecule has 0 radical (unpaired) electrons. The van der Waals surface area contributed by atoms with Crippen LogP contribution in [-0.4, -0.2) is 15.0 Å². The Hall–Kier alpha value is -7.49. The van der Waals surface area contributed by atoms with E-state index in [0.717, 1.165) is 49.0 Å². The van der Waals surface area contributed by atoms with Gasteiger partial charge in [0.15, 0.2) is 17.5 Å². The molecule has 11 aromatic rings. The molecule has 1 heterocycles. The van der Waals surface area contributed by atoms with Crippen LogP contribution in [0.2, 0.25) is 0 Å². The lowest BCUT2D eigenvalue weighted by Crippen LogP contribution is -2.14. The molecule has 59 heavy (non-hydrogen) atoms. The van der Waals surface area contributed by atoms with E-state index in [1.807, 2.05) is 0 Å². The van der Waals surface area contributed by atoms with Gasteiger partial charge in [-0.1, -0.05) is 190 Å². The average Bonchev–Trinajstić information content (AvgIpc) is 3.53. The maximum Gasteiger partial charge on any atom is 0.164 e. The Labute approximate surface area is 342 Å². The second-order valence-corrected chi connectivity index (χ2v) is 16.3. The van der Waals surface area contributed by atoms with Gasteiger partial charge in [-0.15, -0.1) is 0 Å². The highest BCUT2D eigenvalue weighted by Gasteiger charge is 2.36. The molecule has 1 aliphatic rings. The summed E-state index contributed by atoms with van der Waals surface area (Å²) in [5.74, 6) is 1.95. The maximum atomic E-state index is 5.44. The second kappa shape index (κ2) is 12.8. The van der Waals surface area contributed by atoms with E-state index in [9.17, 15) is 0 Å². The largest absolute Gasteiger partial charge is 0.208 e. The summed E-state index contributed by atoms with van der Waals surface area (Å²) in [4.78, 5) is 16.3. The highest BCUT2D eigenvalue weighted by Crippen LogP contribution is 2.53. The molecule has 0 amide bonds. The van der Waals surface area contributed by atoms with Crippen molar-refractivity contribution in [3.8, 4) is 56.4 Å². The van der Waals surface area contributed by atoms with Gasteiger partial charge in [0.2, 0.25) is 0 Å². The van der Waals surface area contributed by atoms with Gasteiger partial charge in [-0.25, -0.2) is 15.0 Å². The third kappa shape index (κ3) is 5.04. The van der Waals surface area contributed by atoms with Gasteiger partial charge in [0.25, 0.3) is 0 Å². The van der Waals surface area contributed by atoms with Crippen molar-refractivity contribution in [2.75, 3.05) is 0 Å². The number of aromatic nitrogens is 3. The van der Waals surface area contributed by atoms with Gasteiger partial charge in [0.05, 0.1) is 0 Å². The molecule has 10 aromatic carbocycles. The topological polar surface area (TPSA) is 38.7 Å². The highest BCUT2D eigenvalue weighted by molar-refractivity contribution is 6.15. The van der Waals surface area contributed by atoms with Gasteiger partial charge in [-0.2, -0.15) is 0 Å². The van der Waals surface area contributed by atoms with Crippen molar-refractivity contribution in [2.45, 2.75) is 19.3 Å². The third-order valence-corrected chi connectivity index (χ3v) is 12.7. The lowest BCUT2D eigenvalue weighted by molar-refractivity contribution is 0.660. The first-order chi connectivity index (χ1) is 29.0. The van der Waals surface area contributed by atoms with E-state index < -0.39 is 0 Å². The molecular formula is C56H37N3. The molecule has 3 nitrogen and oxygen atoms in total. The monoisotopic (exact) mass is 751 g/mol. The number of hydrogen-bond acceptors (Lipinski definition) is 3. The van der Waals surface area contributed by atoms with Crippen LogP contribution in [-0.2, 0) is 5.41 Å². The standard InChI is InChI=1S/C56H37N3/c1-56(2)50-30-12-11-24-47(50)52-45(28-15-31-51(52)56)41-26-13-27-42-40(41)25-14-29-46(42)53-57-54(48-32-34-16-3-5-18-36(34)38-20-7-9-22-43(38)48)59-55(58-53)49-33-35-17-4-6-19-37(35)39-21-8-10-23-44(39)49/h3-33H,1-2H3. The van der Waals surface area contributed by atoms with Crippen LogP contribution in [0.5, 0.6) is 0 Å². The predicted molar refractivity (Wildman–Crippen MR) is 247 cm³/mol. The van der Waals surface area contributed by atoms with Gasteiger partial charge in [-0.05, 0) is 99.4 Å². The van der Waals surface area contributed by atoms with Gasteiger partial charge in [0.1, 0.15) is 0 Å². The third-order valence-electron chi connectivity index (χ3n) is 12.7. The highest BCUT2D eigenvalue weighted by atomic mass is 15.0. The Morgan fingerprint density at radius 2 is 0.661 bits per heavy atom. The first-order valence-corrected chi connectivity index (χ1v) is 20.4. The van der Waals surface area contributed by atoms with E-state index in [1.165, 1.54) is 54.9 Å². The number of nitrogens with zero attached hydrogens (tertiary/aromatic N) is 3. The van der Waals surface area contributed by atoms with Gasteiger partial charge < -0.3 is 0 Å². The fourth-order valence-corrected chi connectivity index (χ4v) is 9.93. The molecule has 0 bridgehead atoms. The summed E-state index contributed by atoms with van der Waals surface area (Å²) in [6.45, 7) is 4.69. The van der Waals surface area contributed by atoms with Crippen molar-refractivity contribution in [1.29, 1.82) is 0 Å². The maximum absolute atomic E-state index is 5.44. The van der Waals surface area contributed by atoms with Crippen LogP contribution in [0.3, 0.4) is 0 Å². The Bertz CT molecular complexity index is 3410. The van der Waals surface area contributed by atoms with E-state index in [-0.39, 0.29) is 5.41 Å². The zero-order valence-electron chi connectivity index (χ0n) is 32.7. The Morgan fingerprint density at radius 3 is 1.27 bits per heavy atom. The SMILES string of the molecule is CC1(C)c2ccccc2-c2c(-c3cccc4c(-c5nc(-c6cc7ccccc7c7ccccc67)nc(-c6cc7ccccc7c7ccccc67)n5)cccc34)cccc21. The normalized spacial score (nSPS) is 13.1. The lowest BCUT2D eigenvalue weighted by atomic mass is 9.82. The minimum absolute atomic E-state index is 0.0881. The molecule has 0 N–H and O–H groups in total. The summed E-state index contributed by atoms with van der Waals surface area (Å²) in [5, 5.41) is 11.6. The molecule has 0 unspecified atom stereocenters. The minimum atomic E-state index is -0.0881. The summed E-state index contributed by atoms with van der Waals surface area (Å²) in [6.07, 6.45) is 0. The summed E-state index contributed by atoms with van der Waals surface area (Å²) >= 11 is 0. The van der Waals surface area contributed by atoms with Crippen LogP contribution in [0.4, 0.5) is 0 Å². The van der Waals surface area contributed by atoms with E-state index in [2.05, 4.69) is 202 Å². The number of hydrogen-bond donors (Lipinski definition) is 0. The zero-order valence-corrected chi connectivity index (χ0v) is 32.7. The van der Waals surface area contributed by atoms with Crippen LogP contribution in [0.1, 0.15) is 25.0 Å². The molecule has 0 saturated heterocycles. The molecule has 1 aromatic heterocycles. The molecule has 276 valence electrons. The molecule has 0 spiro atoms. The van der Waals surface area contributed by atoms with E-state index in [0.29, 0.717) is 17.5 Å². The Balaban J connectivity index is 1.14. The van der Waals surface area contributed by atoms with Crippen molar-refractivity contribution >= 4 is 53.9 Å². The quantitative estimate of drug-likeness (QED) is 0.168. The number of benzene rings is 10. The Morgan fingerprint density at radius 1 is 0.288 bits per heavy atom. The zero-order chi connectivity index (χ0) is 39.2. The molecule has 0 fully saturated rings. The van der Waals surface area contributed by atoms with E-state index in [4.69, 9.17) is 15.0 Å². The van der Waals surface area contributed by atoms with E-state index >= 15 is 0 Å². The van der Waals surface area contributed by atoms with Crippen LogP contribution >= 0.6 is 0 Å². The number of fused-ring (bicyclic) bond motifs is 10. The molecule has 3 heteroatoms. The molecule has 0 aliphatic heterocycles. The van der Waals surface area contributed by atoms with Crippen molar-refractivity contribution in [1.82, 2.24) is 15.0 Å². The smallest absolute Gasteiger partial charge is 0.164 e. The molecule has 12 rings (SSSR count). The van der Waals surface area contributed by atoms with Crippen LogP contribution < -0.4 is 0 Å². The summed E-state index contributed by atoms with van der Waals surface area (Å²) in [7, 11) is 0. The van der Waals surface area contributed by atoms with E-state index in [1.54, 1.807) is 0 Å².